The van der Waals surface area contributed by atoms with Crippen molar-refractivity contribution >= 4 is 29.5 Å². The van der Waals surface area contributed by atoms with Crippen LogP contribution >= 0.6 is 0 Å². The summed E-state index contributed by atoms with van der Waals surface area (Å²) in [7, 11) is 1.54. The first kappa shape index (κ1) is 52.6. The number of nitrogens with one attached hydrogen (secondary N) is 2. The van der Waals surface area contributed by atoms with E-state index < -0.39 is 17.8 Å². The number of hydrogen-bond donors (Lipinski definition) is 3. The molecule has 1 atom stereocenters. The SMILES string of the molecule is C=CN(Cc1ccccc1)c1ccc2c(c1)Oc1cc(N(CCOC(=O)NC)Cc3ccccc3)ccc1C21OC(=O)c2ccccc21.CCCCCCCCCCCCCCCCCCNC(=O)O. The van der Waals surface area contributed by atoms with Gasteiger partial charge in [0.15, 0.2) is 5.60 Å². The Hall–Kier alpha value is -6.75. The maximum absolute atomic E-state index is 13.4. The monoisotopic (exact) mass is 951 g/mol. The van der Waals surface area contributed by atoms with Crippen LogP contribution in [-0.2, 0) is 28.2 Å². The molecule has 0 aromatic heterocycles. The number of carbonyl (C=O) groups is 3. The minimum absolute atomic E-state index is 0.185. The molecule has 0 aliphatic carbocycles. The number of fused-ring (bicyclic) bond motifs is 6. The number of anilines is 2. The van der Waals surface area contributed by atoms with E-state index in [2.05, 4.69) is 58.2 Å². The van der Waals surface area contributed by atoms with Crippen LogP contribution in [0, 0.1) is 0 Å². The third-order valence-corrected chi connectivity index (χ3v) is 13.1. The Morgan fingerprint density at radius 1 is 0.657 bits per heavy atom. The zero-order valence-corrected chi connectivity index (χ0v) is 41.5. The fraction of sp³-hybridized carbons (Fsp3) is 0.407. The van der Waals surface area contributed by atoms with Crippen LogP contribution in [0.5, 0.6) is 11.5 Å². The van der Waals surface area contributed by atoms with Crippen LogP contribution in [0.15, 0.2) is 134 Å². The lowest BCUT2D eigenvalue weighted by atomic mass is 9.77. The van der Waals surface area contributed by atoms with E-state index in [0.29, 0.717) is 43.2 Å². The number of rotatable bonds is 27. The number of carboxylic acid groups (broad SMARTS) is 1. The third kappa shape index (κ3) is 14.9. The number of alkyl carbamates (subject to hydrolysis) is 1. The molecule has 0 saturated heterocycles. The van der Waals surface area contributed by atoms with E-state index in [1.807, 2.05) is 91.0 Å². The molecule has 7 rings (SSSR count). The van der Waals surface area contributed by atoms with Crippen LogP contribution < -0.4 is 25.2 Å². The Bertz CT molecular complexity index is 2410. The zero-order chi connectivity index (χ0) is 49.4. The van der Waals surface area contributed by atoms with Gasteiger partial charge in [-0.15, -0.1) is 0 Å². The third-order valence-electron chi connectivity index (χ3n) is 13.1. The van der Waals surface area contributed by atoms with Gasteiger partial charge in [0, 0.05) is 66.9 Å². The van der Waals surface area contributed by atoms with Crippen LogP contribution in [-0.4, -0.2) is 50.0 Å². The lowest BCUT2D eigenvalue weighted by molar-refractivity contribution is 0.0224. The average molecular weight is 951 g/mol. The van der Waals surface area contributed by atoms with Gasteiger partial charge in [-0.2, -0.15) is 0 Å². The van der Waals surface area contributed by atoms with Crippen molar-refractivity contribution in [2.24, 2.45) is 0 Å². The molecule has 5 aromatic carbocycles. The number of esters is 1. The van der Waals surface area contributed by atoms with Crippen LogP contribution in [0.3, 0.4) is 0 Å². The highest BCUT2D eigenvalue weighted by atomic mass is 16.6. The van der Waals surface area contributed by atoms with Crippen molar-refractivity contribution in [3.63, 3.8) is 0 Å². The molecule has 1 unspecified atom stereocenters. The summed E-state index contributed by atoms with van der Waals surface area (Å²) in [4.78, 5) is 39.7. The zero-order valence-electron chi connectivity index (χ0n) is 41.5. The van der Waals surface area contributed by atoms with Crippen molar-refractivity contribution in [3.05, 3.63) is 167 Å². The minimum atomic E-state index is -1.20. The topological polar surface area (TPSA) is 130 Å². The molecule has 0 fully saturated rings. The highest BCUT2D eigenvalue weighted by molar-refractivity contribution is 5.97. The molecule has 11 heteroatoms. The number of ether oxygens (including phenoxy) is 3. The second kappa shape index (κ2) is 28.0. The summed E-state index contributed by atoms with van der Waals surface area (Å²) in [5.74, 6) is 0.769. The Morgan fingerprint density at radius 3 is 1.73 bits per heavy atom. The highest BCUT2D eigenvalue weighted by Crippen LogP contribution is 2.57. The fourth-order valence-electron chi connectivity index (χ4n) is 9.36. The summed E-state index contributed by atoms with van der Waals surface area (Å²) in [5, 5.41) is 13.3. The molecule has 1 spiro atoms. The Labute approximate surface area is 416 Å². The molecule has 0 saturated carbocycles. The summed E-state index contributed by atoms with van der Waals surface area (Å²) in [6.07, 6.45) is 22.0. The van der Waals surface area contributed by atoms with Crippen molar-refractivity contribution in [1.29, 1.82) is 0 Å². The van der Waals surface area contributed by atoms with Gasteiger partial charge >= 0.3 is 18.2 Å². The smallest absolute Gasteiger partial charge is 0.406 e. The summed E-state index contributed by atoms with van der Waals surface area (Å²) in [5.41, 5.74) is 5.57. The highest BCUT2D eigenvalue weighted by Gasteiger charge is 2.53. The molecular weight excluding hydrogens is 877 g/mol. The molecule has 372 valence electrons. The number of nitrogens with zero attached hydrogens (tertiary/aromatic N) is 2. The van der Waals surface area contributed by atoms with E-state index in [1.165, 1.54) is 96.9 Å². The van der Waals surface area contributed by atoms with E-state index in [4.69, 9.17) is 19.3 Å². The number of hydrogen-bond acceptors (Lipinski definition) is 8. The van der Waals surface area contributed by atoms with E-state index in [0.717, 1.165) is 52.0 Å². The van der Waals surface area contributed by atoms with E-state index >= 15 is 0 Å². The van der Waals surface area contributed by atoms with E-state index in [9.17, 15) is 14.4 Å². The lowest BCUT2D eigenvalue weighted by Crippen LogP contribution is -2.34. The fourth-order valence-corrected chi connectivity index (χ4v) is 9.36. The molecule has 2 aliphatic heterocycles. The Kier molecular flexibility index (Phi) is 21.1. The summed E-state index contributed by atoms with van der Waals surface area (Å²) in [6, 6.07) is 39.7. The molecule has 5 aromatic rings. The van der Waals surface area contributed by atoms with Crippen LogP contribution in [0.1, 0.15) is 148 Å². The van der Waals surface area contributed by atoms with Crippen molar-refractivity contribution in [2.45, 2.75) is 128 Å². The minimum Gasteiger partial charge on any atom is -0.465 e. The maximum atomic E-state index is 13.4. The molecular formula is C59H74N4O7. The van der Waals surface area contributed by atoms with Crippen molar-refractivity contribution in [3.8, 4) is 11.5 Å². The molecule has 70 heavy (non-hydrogen) atoms. The summed E-state index contributed by atoms with van der Waals surface area (Å²) in [6.45, 7) is 8.78. The van der Waals surface area contributed by atoms with Crippen molar-refractivity contribution < 1.29 is 33.7 Å². The van der Waals surface area contributed by atoms with Gasteiger partial charge in [0.05, 0.1) is 12.1 Å². The molecule has 2 amide bonds. The molecule has 2 heterocycles. The van der Waals surface area contributed by atoms with Gasteiger partial charge in [0.2, 0.25) is 0 Å². The number of amides is 2. The quantitative estimate of drug-likeness (QED) is 0.0348. The standard InChI is InChI=1S/C40H35N3O5.C19H39NO2/c1-3-42(26-28-12-6-4-7-13-28)30-18-20-34-36(24-30)47-37-25-31(43(22-23-46-39(45)41-2)27-29-14-8-5-9-15-29)19-21-35(37)40(34)33-17-11-10-16-32(33)38(44)48-40;1-2-3-4-5-6-7-8-9-10-11-12-13-14-15-16-17-18-20-19(21)22/h3-21,24-25H,1,22-23,26-27H2,2H3,(H,41,45);20H,2-18H2,1H3,(H,21,22). The number of unbranched alkanes of at least 4 members (excludes halogenated alkanes) is 15. The molecule has 3 N–H and O–H groups in total. The predicted octanol–water partition coefficient (Wildman–Crippen LogP) is 14.3. The first-order valence-corrected chi connectivity index (χ1v) is 25.6. The second-order valence-corrected chi connectivity index (χ2v) is 18.2. The lowest BCUT2D eigenvalue weighted by Gasteiger charge is -2.38. The van der Waals surface area contributed by atoms with Gasteiger partial charge < -0.3 is 39.8 Å². The van der Waals surface area contributed by atoms with Crippen LogP contribution in [0.25, 0.3) is 0 Å². The maximum Gasteiger partial charge on any atom is 0.406 e. The largest absolute Gasteiger partial charge is 0.465 e. The van der Waals surface area contributed by atoms with Crippen LogP contribution in [0.4, 0.5) is 21.0 Å². The van der Waals surface area contributed by atoms with Crippen molar-refractivity contribution in [1.82, 2.24) is 10.6 Å². The van der Waals surface area contributed by atoms with Gasteiger partial charge in [0.25, 0.3) is 0 Å². The van der Waals surface area contributed by atoms with Gasteiger partial charge in [-0.05, 0) is 54.1 Å². The first-order valence-electron chi connectivity index (χ1n) is 25.6. The van der Waals surface area contributed by atoms with Gasteiger partial charge in [0.1, 0.15) is 18.1 Å². The average Bonchev–Trinajstić information content (AvgIpc) is 3.68. The Balaban J connectivity index is 0.000000310. The Morgan fingerprint density at radius 2 is 1.17 bits per heavy atom. The molecule has 2 aliphatic rings. The predicted molar refractivity (Wildman–Crippen MR) is 281 cm³/mol. The van der Waals surface area contributed by atoms with E-state index in [1.54, 1.807) is 12.3 Å². The molecule has 11 nitrogen and oxygen atoms in total. The number of benzene rings is 5. The van der Waals surface area contributed by atoms with Crippen LogP contribution in [0.2, 0.25) is 0 Å². The van der Waals surface area contributed by atoms with Gasteiger partial charge in [-0.25, -0.2) is 14.4 Å². The summed E-state index contributed by atoms with van der Waals surface area (Å²) < 4.78 is 18.5. The van der Waals surface area contributed by atoms with E-state index in [-0.39, 0.29) is 12.6 Å². The molecule has 0 radical (unpaired) electrons. The van der Waals surface area contributed by atoms with Gasteiger partial charge in [-0.1, -0.05) is 189 Å². The molecule has 0 bridgehead atoms. The second-order valence-electron chi connectivity index (χ2n) is 18.2. The first-order chi connectivity index (χ1) is 34.3. The van der Waals surface area contributed by atoms with Gasteiger partial charge in [-0.3, -0.25) is 0 Å². The normalized spacial score (nSPS) is 13.9. The summed E-state index contributed by atoms with van der Waals surface area (Å²) >= 11 is 0. The number of carbonyl (C=O) groups excluding carboxylic acids is 2. The van der Waals surface area contributed by atoms with Crippen molar-refractivity contribution in [2.75, 3.05) is 36.5 Å².